The van der Waals surface area contributed by atoms with Crippen LogP contribution >= 0.6 is 0 Å². The Balaban J connectivity index is 4.03. The Bertz CT molecular complexity index is 126. The van der Waals surface area contributed by atoms with Gasteiger partial charge in [0.2, 0.25) is 5.79 Å². The number of hydrogen-bond acceptors (Lipinski definition) is 2. The van der Waals surface area contributed by atoms with Crippen molar-refractivity contribution in [3.05, 3.63) is 0 Å². The Morgan fingerprint density at radius 1 is 1.22 bits per heavy atom. The molecule has 0 spiro atoms. The zero-order valence-corrected chi connectivity index (χ0v) is 6.32. The van der Waals surface area contributed by atoms with E-state index in [0.717, 1.165) is 0 Å². The summed E-state index contributed by atoms with van der Waals surface area (Å²) in [6, 6.07) is 0. The van der Waals surface area contributed by atoms with Gasteiger partial charge >= 0.3 is 0 Å². The quantitative estimate of drug-likeness (QED) is 0.408. The molecule has 0 aromatic rings. The molecule has 2 nitrogen and oxygen atoms in total. The van der Waals surface area contributed by atoms with Crippen LogP contribution in [-0.4, -0.2) is 20.0 Å². The van der Waals surface area contributed by atoms with Crippen molar-refractivity contribution in [3.8, 4) is 11.8 Å². The van der Waals surface area contributed by atoms with Crippen LogP contribution in [0.25, 0.3) is 0 Å². The van der Waals surface area contributed by atoms with E-state index in [9.17, 15) is 0 Å². The zero-order chi connectivity index (χ0) is 7.33. The van der Waals surface area contributed by atoms with E-state index in [0.29, 0.717) is 0 Å². The molecule has 0 fully saturated rings. The van der Waals surface area contributed by atoms with Crippen LogP contribution in [0.1, 0.15) is 13.8 Å². The largest absolute Gasteiger partial charge is 0.343 e. The maximum atomic E-state index is 4.93. The third-order valence-corrected chi connectivity index (χ3v) is 1.13. The topological polar surface area (TPSA) is 18.5 Å². The molecule has 0 amide bonds. The Morgan fingerprint density at radius 2 is 1.67 bits per heavy atom. The van der Waals surface area contributed by atoms with E-state index in [-0.39, 0.29) is 0 Å². The van der Waals surface area contributed by atoms with Crippen LogP contribution in [0.2, 0.25) is 0 Å². The molecule has 0 heterocycles. The average molecular weight is 128 g/mol. The maximum absolute atomic E-state index is 4.93. The van der Waals surface area contributed by atoms with Crippen LogP contribution < -0.4 is 0 Å². The van der Waals surface area contributed by atoms with Crippen molar-refractivity contribution < 1.29 is 9.47 Å². The molecular weight excluding hydrogens is 116 g/mol. The minimum Gasteiger partial charge on any atom is -0.343 e. The molecule has 0 aliphatic carbocycles. The lowest BCUT2D eigenvalue weighted by Crippen LogP contribution is -2.27. The van der Waals surface area contributed by atoms with Crippen molar-refractivity contribution in [1.29, 1.82) is 0 Å². The van der Waals surface area contributed by atoms with Gasteiger partial charge in [-0.05, 0) is 12.8 Å². The summed E-state index contributed by atoms with van der Waals surface area (Å²) >= 11 is 0. The van der Waals surface area contributed by atoms with Crippen LogP contribution in [-0.2, 0) is 9.47 Å². The first-order chi connectivity index (χ1) is 4.18. The van der Waals surface area contributed by atoms with Crippen molar-refractivity contribution in [1.82, 2.24) is 0 Å². The van der Waals surface area contributed by atoms with E-state index in [1.807, 2.05) is 0 Å². The van der Waals surface area contributed by atoms with Crippen LogP contribution in [0.5, 0.6) is 0 Å². The second kappa shape index (κ2) is 3.49. The fourth-order valence-electron chi connectivity index (χ4n) is 0.412. The van der Waals surface area contributed by atoms with Crippen molar-refractivity contribution in [3.63, 3.8) is 0 Å². The molecule has 0 aromatic carbocycles. The van der Waals surface area contributed by atoms with Crippen molar-refractivity contribution in [2.75, 3.05) is 14.2 Å². The fourth-order valence-corrected chi connectivity index (χ4v) is 0.412. The second-order valence-corrected chi connectivity index (χ2v) is 1.73. The Morgan fingerprint density at radius 3 is 1.78 bits per heavy atom. The standard InChI is InChI=1S/C7H12O2/c1-5-6-7(2,8-3)9-4/h1-4H3. The van der Waals surface area contributed by atoms with Gasteiger partial charge in [-0.3, -0.25) is 0 Å². The molecule has 0 aliphatic heterocycles. The van der Waals surface area contributed by atoms with Gasteiger partial charge in [-0.25, -0.2) is 0 Å². The first kappa shape index (κ1) is 8.48. The van der Waals surface area contributed by atoms with Gasteiger partial charge < -0.3 is 9.47 Å². The predicted molar refractivity (Wildman–Crippen MR) is 35.9 cm³/mol. The van der Waals surface area contributed by atoms with Crippen LogP contribution in [0.4, 0.5) is 0 Å². The molecule has 0 bridgehead atoms. The highest BCUT2D eigenvalue weighted by Gasteiger charge is 2.17. The lowest BCUT2D eigenvalue weighted by atomic mass is 10.3. The Labute approximate surface area is 56.2 Å². The highest BCUT2D eigenvalue weighted by Crippen LogP contribution is 2.06. The van der Waals surface area contributed by atoms with Gasteiger partial charge in [-0.15, -0.1) is 5.92 Å². The lowest BCUT2D eigenvalue weighted by molar-refractivity contribution is -0.148. The molecule has 0 rings (SSSR count). The van der Waals surface area contributed by atoms with Gasteiger partial charge in [0.15, 0.2) is 0 Å². The zero-order valence-electron chi connectivity index (χ0n) is 6.32. The number of rotatable bonds is 2. The second-order valence-electron chi connectivity index (χ2n) is 1.73. The lowest BCUT2D eigenvalue weighted by Gasteiger charge is -2.18. The molecular formula is C7H12O2. The molecule has 9 heavy (non-hydrogen) atoms. The summed E-state index contributed by atoms with van der Waals surface area (Å²) < 4.78 is 9.86. The van der Waals surface area contributed by atoms with Crippen LogP contribution in [0.15, 0.2) is 0 Å². The first-order valence-corrected chi connectivity index (χ1v) is 2.72. The van der Waals surface area contributed by atoms with Gasteiger partial charge in [0, 0.05) is 21.1 Å². The Kier molecular flexibility index (Phi) is 3.29. The minimum absolute atomic E-state index is 0.727. The third kappa shape index (κ3) is 2.50. The van der Waals surface area contributed by atoms with Gasteiger partial charge in [-0.1, -0.05) is 0 Å². The highest BCUT2D eigenvalue weighted by atomic mass is 16.7. The normalized spacial score (nSPS) is 10.2. The summed E-state index contributed by atoms with van der Waals surface area (Å²) in [7, 11) is 3.13. The highest BCUT2D eigenvalue weighted by molar-refractivity contribution is 5.06. The molecule has 0 saturated carbocycles. The smallest absolute Gasteiger partial charge is 0.230 e. The summed E-state index contributed by atoms with van der Waals surface area (Å²) in [6.07, 6.45) is 0. The van der Waals surface area contributed by atoms with Crippen LogP contribution in [0, 0.1) is 11.8 Å². The number of ether oxygens (including phenoxy) is 2. The van der Waals surface area contributed by atoms with E-state index >= 15 is 0 Å². The first-order valence-electron chi connectivity index (χ1n) is 2.72. The summed E-state index contributed by atoms with van der Waals surface area (Å²) in [4.78, 5) is 0. The van der Waals surface area contributed by atoms with Gasteiger partial charge in [0.25, 0.3) is 0 Å². The molecule has 52 valence electrons. The maximum Gasteiger partial charge on any atom is 0.230 e. The van der Waals surface area contributed by atoms with E-state index < -0.39 is 5.79 Å². The number of hydrogen-bond donors (Lipinski definition) is 0. The molecule has 0 unspecified atom stereocenters. The molecule has 0 atom stereocenters. The molecule has 2 heteroatoms. The summed E-state index contributed by atoms with van der Waals surface area (Å²) in [6.45, 7) is 3.51. The molecule has 0 saturated heterocycles. The van der Waals surface area contributed by atoms with E-state index in [1.165, 1.54) is 0 Å². The van der Waals surface area contributed by atoms with Crippen molar-refractivity contribution in [2.45, 2.75) is 19.6 Å². The van der Waals surface area contributed by atoms with E-state index in [1.54, 1.807) is 28.1 Å². The SMILES string of the molecule is CC#CC(C)(OC)OC. The molecule has 0 aromatic heterocycles. The van der Waals surface area contributed by atoms with Crippen molar-refractivity contribution >= 4 is 0 Å². The third-order valence-electron chi connectivity index (χ3n) is 1.13. The van der Waals surface area contributed by atoms with E-state index in [4.69, 9.17) is 9.47 Å². The summed E-state index contributed by atoms with van der Waals surface area (Å²) in [5, 5.41) is 0. The predicted octanol–water partition coefficient (Wildman–Crippen LogP) is 1.02. The van der Waals surface area contributed by atoms with E-state index in [2.05, 4.69) is 11.8 Å². The van der Waals surface area contributed by atoms with Gasteiger partial charge in [0.1, 0.15) is 0 Å². The summed E-state index contributed by atoms with van der Waals surface area (Å²) in [5.41, 5.74) is 0. The molecule has 0 aliphatic rings. The van der Waals surface area contributed by atoms with Gasteiger partial charge in [0.05, 0.1) is 0 Å². The van der Waals surface area contributed by atoms with Crippen molar-refractivity contribution in [2.24, 2.45) is 0 Å². The monoisotopic (exact) mass is 128 g/mol. The average Bonchev–Trinajstić information content (AvgIpc) is 1.89. The van der Waals surface area contributed by atoms with Crippen LogP contribution in [0.3, 0.4) is 0 Å². The summed E-state index contributed by atoms with van der Waals surface area (Å²) in [5.74, 6) is 4.75. The fraction of sp³-hybridized carbons (Fsp3) is 0.714. The Hall–Kier alpha value is -0.520. The van der Waals surface area contributed by atoms with Gasteiger partial charge in [-0.2, -0.15) is 0 Å². The molecule has 0 radical (unpaired) electrons. The minimum atomic E-state index is -0.727. The number of methoxy groups -OCH3 is 2. The molecule has 0 N–H and O–H groups in total.